The SMILES string of the molecule is CCc1ccc(-c2nc3cc(NC(=O)COc4c(C)cc(C)cc4Br)ccc3o2)cc1. The number of nitrogens with zero attached hydrogens (tertiary/aromatic N) is 1. The maximum atomic E-state index is 12.4. The van der Waals surface area contributed by atoms with E-state index in [1.165, 1.54) is 5.56 Å². The van der Waals surface area contributed by atoms with Gasteiger partial charge < -0.3 is 14.5 Å². The van der Waals surface area contributed by atoms with Crippen molar-refractivity contribution in [2.45, 2.75) is 27.2 Å². The molecule has 4 rings (SSSR count). The Bertz CT molecular complexity index is 1220. The van der Waals surface area contributed by atoms with Crippen molar-refractivity contribution < 1.29 is 13.9 Å². The number of ether oxygens (including phenoxy) is 1. The number of hydrogen-bond acceptors (Lipinski definition) is 4. The molecule has 1 aromatic heterocycles. The Morgan fingerprint density at radius 3 is 2.58 bits per heavy atom. The van der Waals surface area contributed by atoms with Crippen LogP contribution >= 0.6 is 15.9 Å². The molecule has 0 aliphatic heterocycles. The third-order valence-corrected chi connectivity index (χ3v) is 5.59. The zero-order valence-corrected chi connectivity index (χ0v) is 19.2. The van der Waals surface area contributed by atoms with E-state index in [0.717, 1.165) is 27.6 Å². The smallest absolute Gasteiger partial charge is 0.262 e. The average molecular weight is 479 g/mol. The lowest BCUT2D eigenvalue weighted by molar-refractivity contribution is -0.118. The Kier molecular flexibility index (Phi) is 6.09. The molecule has 5 nitrogen and oxygen atoms in total. The van der Waals surface area contributed by atoms with E-state index < -0.39 is 0 Å². The largest absolute Gasteiger partial charge is 0.482 e. The Morgan fingerprint density at radius 2 is 1.87 bits per heavy atom. The minimum absolute atomic E-state index is 0.0889. The lowest BCUT2D eigenvalue weighted by Crippen LogP contribution is -2.20. The minimum atomic E-state index is -0.245. The van der Waals surface area contributed by atoms with E-state index >= 15 is 0 Å². The van der Waals surface area contributed by atoms with Gasteiger partial charge in [-0.1, -0.05) is 25.1 Å². The van der Waals surface area contributed by atoms with Gasteiger partial charge in [-0.15, -0.1) is 0 Å². The molecule has 0 radical (unpaired) electrons. The summed E-state index contributed by atoms with van der Waals surface area (Å²) in [6.07, 6.45) is 0.987. The molecule has 0 fully saturated rings. The Morgan fingerprint density at radius 1 is 1.10 bits per heavy atom. The first kappa shape index (κ1) is 21.1. The molecule has 0 saturated heterocycles. The molecule has 1 N–H and O–H groups in total. The summed E-state index contributed by atoms with van der Waals surface area (Å²) in [5.41, 5.74) is 6.28. The van der Waals surface area contributed by atoms with Gasteiger partial charge in [0, 0.05) is 11.3 Å². The van der Waals surface area contributed by atoms with Gasteiger partial charge in [-0.25, -0.2) is 4.98 Å². The summed E-state index contributed by atoms with van der Waals surface area (Å²) in [5, 5.41) is 2.86. The van der Waals surface area contributed by atoms with E-state index in [1.807, 2.05) is 44.2 Å². The van der Waals surface area contributed by atoms with Crippen molar-refractivity contribution in [3.05, 3.63) is 75.8 Å². The van der Waals surface area contributed by atoms with Crippen molar-refractivity contribution in [3.63, 3.8) is 0 Å². The van der Waals surface area contributed by atoms with Gasteiger partial charge in [-0.3, -0.25) is 4.79 Å². The number of halogens is 1. The molecule has 0 aliphatic rings. The molecule has 0 aliphatic carbocycles. The number of oxazole rings is 1. The van der Waals surface area contributed by atoms with Crippen molar-refractivity contribution in [2.24, 2.45) is 0 Å². The van der Waals surface area contributed by atoms with Crippen LogP contribution in [0.4, 0.5) is 5.69 Å². The lowest BCUT2D eigenvalue weighted by atomic mass is 10.1. The number of carbonyl (C=O) groups excluding carboxylic acids is 1. The quantitative estimate of drug-likeness (QED) is 0.345. The van der Waals surface area contributed by atoms with Crippen molar-refractivity contribution in [1.82, 2.24) is 4.98 Å². The maximum Gasteiger partial charge on any atom is 0.262 e. The third kappa shape index (κ3) is 4.80. The number of fused-ring (bicyclic) bond motifs is 1. The summed E-state index contributed by atoms with van der Waals surface area (Å²) in [6, 6.07) is 17.5. The molecule has 158 valence electrons. The first-order valence-electron chi connectivity index (χ1n) is 10.1. The highest BCUT2D eigenvalue weighted by atomic mass is 79.9. The second kappa shape index (κ2) is 8.94. The van der Waals surface area contributed by atoms with Crippen LogP contribution in [-0.4, -0.2) is 17.5 Å². The van der Waals surface area contributed by atoms with Gasteiger partial charge in [-0.05, 0) is 89.3 Å². The molecule has 0 saturated carbocycles. The van der Waals surface area contributed by atoms with Gasteiger partial charge in [0.1, 0.15) is 11.3 Å². The zero-order chi connectivity index (χ0) is 22.0. The summed E-state index contributed by atoms with van der Waals surface area (Å²) < 4.78 is 12.4. The van der Waals surface area contributed by atoms with Crippen LogP contribution in [0, 0.1) is 13.8 Å². The van der Waals surface area contributed by atoms with Crippen LogP contribution in [0.15, 0.2) is 63.5 Å². The Balaban J connectivity index is 1.45. The molecule has 0 atom stereocenters. The van der Waals surface area contributed by atoms with E-state index in [1.54, 1.807) is 12.1 Å². The van der Waals surface area contributed by atoms with Crippen molar-refractivity contribution in [2.75, 3.05) is 11.9 Å². The molecular formula is C25H23BrN2O3. The number of amides is 1. The van der Waals surface area contributed by atoms with Crippen LogP contribution in [0.3, 0.4) is 0 Å². The van der Waals surface area contributed by atoms with Crippen molar-refractivity contribution >= 4 is 38.6 Å². The standard InChI is InChI=1S/C25H23BrN2O3/c1-4-17-5-7-18(8-6-17)25-28-21-13-19(9-10-22(21)31-25)27-23(29)14-30-24-16(3)11-15(2)12-20(24)26/h5-13H,4,14H2,1-3H3,(H,27,29). The van der Waals surface area contributed by atoms with Crippen LogP contribution in [0.2, 0.25) is 0 Å². The predicted molar refractivity (Wildman–Crippen MR) is 127 cm³/mol. The fourth-order valence-electron chi connectivity index (χ4n) is 3.43. The number of benzene rings is 3. The Labute approximate surface area is 189 Å². The average Bonchev–Trinajstić information content (AvgIpc) is 3.16. The van der Waals surface area contributed by atoms with Gasteiger partial charge >= 0.3 is 0 Å². The minimum Gasteiger partial charge on any atom is -0.482 e. The van der Waals surface area contributed by atoms with E-state index in [9.17, 15) is 4.79 Å². The number of carbonyl (C=O) groups is 1. The van der Waals surface area contributed by atoms with E-state index in [4.69, 9.17) is 9.15 Å². The lowest BCUT2D eigenvalue weighted by Gasteiger charge is -2.12. The topological polar surface area (TPSA) is 64.4 Å². The van der Waals surface area contributed by atoms with E-state index in [0.29, 0.717) is 28.4 Å². The van der Waals surface area contributed by atoms with E-state index in [-0.39, 0.29) is 12.5 Å². The monoisotopic (exact) mass is 478 g/mol. The fraction of sp³-hybridized carbons (Fsp3) is 0.200. The summed E-state index contributed by atoms with van der Waals surface area (Å²) in [7, 11) is 0. The first-order valence-corrected chi connectivity index (χ1v) is 10.9. The second-order valence-corrected chi connectivity index (χ2v) is 8.34. The number of hydrogen-bond donors (Lipinski definition) is 1. The van der Waals surface area contributed by atoms with Crippen molar-refractivity contribution in [1.29, 1.82) is 0 Å². The van der Waals surface area contributed by atoms with Gasteiger partial charge in [0.25, 0.3) is 5.91 Å². The number of aryl methyl sites for hydroxylation is 3. The summed E-state index contributed by atoms with van der Waals surface area (Å²) in [4.78, 5) is 17.0. The van der Waals surface area contributed by atoms with Gasteiger partial charge in [0.15, 0.2) is 12.2 Å². The molecular weight excluding hydrogens is 456 g/mol. The zero-order valence-electron chi connectivity index (χ0n) is 17.7. The highest BCUT2D eigenvalue weighted by molar-refractivity contribution is 9.10. The molecule has 0 spiro atoms. The molecule has 31 heavy (non-hydrogen) atoms. The molecule has 4 aromatic rings. The maximum absolute atomic E-state index is 12.4. The molecule has 0 unspecified atom stereocenters. The summed E-state index contributed by atoms with van der Waals surface area (Å²) >= 11 is 3.50. The predicted octanol–water partition coefficient (Wildman–Crippen LogP) is 6.45. The van der Waals surface area contributed by atoms with Crippen molar-refractivity contribution in [3.8, 4) is 17.2 Å². The Hall–Kier alpha value is -3.12. The molecule has 3 aromatic carbocycles. The fourth-order valence-corrected chi connectivity index (χ4v) is 4.22. The van der Waals surface area contributed by atoms with Crippen LogP contribution in [0.25, 0.3) is 22.6 Å². The normalized spacial score (nSPS) is 11.0. The first-order chi connectivity index (χ1) is 14.9. The number of nitrogens with one attached hydrogen (secondary N) is 1. The highest BCUT2D eigenvalue weighted by Crippen LogP contribution is 2.30. The van der Waals surface area contributed by atoms with Gasteiger partial charge in [-0.2, -0.15) is 0 Å². The number of anilines is 1. The number of rotatable bonds is 6. The number of aromatic nitrogens is 1. The van der Waals surface area contributed by atoms with Gasteiger partial charge in [0.2, 0.25) is 5.89 Å². The molecule has 1 amide bonds. The molecule has 0 bridgehead atoms. The van der Waals surface area contributed by atoms with Crippen LogP contribution < -0.4 is 10.1 Å². The van der Waals surface area contributed by atoms with Crippen LogP contribution in [-0.2, 0) is 11.2 Å². The van der Waals surface area contributed by atoms with E-state index in [2.05, 4.69) is 45.3 Å². The molecule has 6 heteroatoms. The second-order valence-electron chi connectivity index (χ2n) is 7.48. The van der Waals surface area contributed by atoms with Gasteiger partial charge in [0.05, 0.1) is 4.47 Å². The molecule has 1 heterocycles. The van der Waals surface area contributed by atoms with Crippen LogP contribution in [0.1, 0.15) is 23.6 Å². The van der Waals surface area contributed by atoms with Crippen LogP contribution in [0.5, 0.6) is 5.75 Å². The summed E-state index contributed by atoms with van der Waals surface area (Å²) in [6.45, 7) is 6.00. The summed E-state index contributed by atoms with van der Waals surface area (Å²) in [5.74, 6) is 0.987. The highest BCUT2D eigenvalue weighted by Gasteiger charge is 2.12. The third-order valence-electron chi connectivity index (χ3n) is 5.00.